The number of carboxylic acids is 1. The summed E-state index contributed by atoms with van der Waals surface area (Å²) in [6, 6.07) is 10.5. The van der Waals surface area contributed by atoms with Crippen molar-refractivity contribution in [3.05, 3.63) is 35.9 Å². The molecule has 1 N–H and O–H groups in total. The van der Waals surface area contributed by atoms with Gasteiger partial charge in [0.25, 0.3) is 0 Å². The molecule has 1 fully saturated rings. The topological polar surface area (TPSA) is 43.8 Å². The molecule has 1 aromatic rings. The third-order valence-corrected chi connectivity index (χ3v) is 3.92. The number of carboxylic acid groups (broad SMARTS) is 1. The fourth-order valence-electron chi connectivity index (χ4n) is 2.77. The fourth-order valence-corrected chi connectivity index (χ4v) is 2.77. The van der Waals surface area contributed by atoms with Crippen LogP contribution in [0.15, 0.2) is 30.3 Å². The highest BCUT2D eigenvalue weighted by Crippen LogP contribution is 2.29. The van der Waals surface area contributed by atoms with Gasteiger partial charge in [0.15, 0.2) is 0 Å². The maximum absolute atomic E-state index is 11.1. The molecule has 0 aliphatic carbocycles. The van der Waals surface area contributed by atoms with Crippen molar-refractivity contribution >= 4 is 5.97 Å². The Balaban J connectivity index is 2.13. The molecule has 0 spiro atoms. The Labute approximate surface area is 114 Å². The number of benzene rings is 1. The third kappa shape index (κ3) is 3.55. The van der Waals surface area contributed by atoms with Crippen molar-refractivity contribution in [2.45, 2.75) is 24.9 Å². The second kappa shape index (κ2) is 6.17. The molecule has 1 heterocycles. The lowest BCUT2D eigenvalue weighted by Crippen LogP contribution is -2.34. The minimum absolute atomic E-state index is 0.0105. The zero-order valence-electron chi connectivity index (χ0n) is 11.6. The standard InChI is InChI=1S/C15H22N2O2/c1-16(2)13-8-9-17(11-13)14(10-15(18)19)12-6-4-3-5-7-12/h3-7,13-14H,8-11H2,1-2H3,(H,18,19). The van der Waals surface area contributed by atoms with Gasteiger partial charge >= 0.3 is 5.97 Å². The van der Waals surface area contributed by atoms with E-state index in [-0.39, 0.29) is 12.5 Å². The van der Waals surface area contributed by atoms with Crippen LogP contribution in [-0.4, -0.2) is 54.1 Å². The molecule has 4 nitrogen and oxygen atoms in total. The summed E-state index contributed by atoms with van der Waals surface area (Å²) in [4.78, 5) is 15.6. The maximum atomic E-state index is 11.1. The van der Waals surface area contributed by atoms with E-state index < -0.39 is 5.97 Å². The molecule has 4 heteroatoms. The van der Waals surface area contributed by atoms with E-state index >= 15 is 0 Å². The van der Waals surface area contributed by atoms with Crippen molar-refractivity contribution < 1.29 is 9.90 Å². The van der Waals surface area contributed by atoms with Gasteiger partial charge in [-0.1, -0.05) is 30.3 Å². The van der Waals surface area contributed by atoms with Crippen LogP contribution >= 0.6 is 0 Å². The van der Waals surface area contributed by atoms with Crippen molar-refractivity contribution in [1.29, 1.82) is 0 Å². The van der Waals surface area contributed by atoms with Crippen LogP contribution in [0, 0.1) is 0 Å². The summed E-state index contributed by atoms with van der Waals surface area (Å²) in [5.74, 6) is -0.734. The Bertz CT molecular complexity index is 419. The van der Waals surface area contributed by atoms with Crippen molar-refractivity contribution in [1.82, 2.24) is 9.80 Å². The Hall–Kier alpha value is -1.39. The maximum Gasteiger partial charge on any atom is 0.305 e. The molecule has 0 aromatic heterocycles. The van der Waals surface area contributed by atoms with Gasteiger partial charge in [-0.05, 0) is 26.1 Å². The molecule has 1 aliphatic heterocycles. The lowest BCUT2D eigenvalue weighted by molar-refractivity contribution is -0.138. The average molecular weight is 262 g/mol. The van der Waals surface area contributed by atoms with Gasteiger partial charge in [0.1, 0.15) is 0 Å². The molecule has 0 radical (unpaired) electrons. The molecule has 0 saturated carbocycles. The first-order valence-electron chi connectivity index (χ1n) is 6.75. The third-order valence-electron chi connectivity index (χ3n) is 3.92. The molecule has 1 aromatic carbocycles. The van der Waals surface area contributed by atoms with Gasteiger partial charge in [-0.15, -0.1) is 0 Å². The van der Waals surface area contributed by atoms with Gasteiger partial charge < -0.3 is 10.0 Å². The Morgan fingerprint density at radius 1 is 1.42 bits per heavy atom. The zero-order valence-corrected chi connectivity index (χ0v) is 11.6. The average Bonchev–Trinajstić information content (AvgIpc) is 2.86. The molecule has 2 unspecified atom stereocenters. The van der Waals surface area contributed by atoms with Crippen molar-refractivity contribution in [3.63, 3.8) is 0 Å². The van der Waals surface area contributed by atoms with Crippen LogP contribution < -0.4 is 0 Å². The second-order valence-corrected chi connectivity index (χ2v) is 5.43. The van der Waals surface area contributed by atoms with E-state index in [9.17, 15) is 4.79 Å². The number of likely N-dealkylation sites (N-methyl/N-ethyl adjacent to an activating group) is 1. The molecular weight excluding hydrogens is 240 g/mol. The zero-order chi connectivity index (χ0) is 13.8. The summed E-state index contributed by atoms with van der Waals surface area (Å²) >= 11 is 0. The lowest BCUT2D eigenvalue weighted by Gasteiger charge is -2.28. The van der Waals surface area contributed by atoms with Crippen LogP contribution in [-0.2, 0) is 4.79 Å². The molecule has 0 bridgehead atoms. The first kappa shape index (κ1) is 14.0. The second-order valence-electron chi connectivity index (χ2n) is 5.43. The molecular formula is C15H22N2O2. The van der Waals surface area contributed by atoms with Gasteiger partial charge in [0.05, 0.1) is 6.42 Å². The van der Waals surface area contributed by atoms with Gasteiger partial charge in [-0.2, -0.15) is 0 Å². The predicted octanol–water partition coefficient (Wildman–Crippen LogP) is 1.84. The number of hydrogen-bond donors (Lipinski definition) is 1. The smallest absolute Gasteiger partial charge is 0.305 e. The molecule has 0 amide bonds. The number of aliphatic carboxylic acids is 1. The summed E-state index contributed by atoms with van der Waals surface area (Å²) in [7, 11) is 4.17. The molecule has 1 saturated heterocycles. The number of carbonyl (C=O) groups is 1. The quantitative estimate of drug-likeness (QED) is 0.879. The summed E-state index contributed by atoms with van der Waals surface area (Å²) in [6.45, 7) is 1.91. The van der Waals surface area contributed by atoms with Crippen molar-refractivity contribution in [2.75, 3.05) is 27.2 Å². The first-order valence-corrected chi connectivity index (χ1v) is 6.75. The number of rotatable bonds is 5. The van der Waals surface area contributed by atoms with Crippen LogP contribution in [0.25, 0.3) is 0 Å². The number of likely N-dealkylation sites (tertiary alicyclic amines) is 1. The monoisotopic (exact) mass is 262 g/mol. The van der Waals surface area contributed by atoms with Crippen LogP contribution in [0.1, 0.15) is 24.4 Å². The normalized spacial score (nSPS) is 21.7. The predicted molar refractivity (Wildman–Crippen MR) is 75.1 cm³/mol. The van der Waals surface area contributed by atoms with Crippen molar-refractivity contribution in [2.24, 2.45) is 0 Å². The Morgan fingerprint density at radius 2 is 2.11 bits per heavy atom. The van der Waals surface area contributed by atoms with Crippen LogP contribution in [0.4, 0.5) is 0 Å². The van der Waals surface area contributed by atoms with E-state index in [1.54, 1.807) is 0 Å². The highest BCUT2D eigenvalue weighted by molar-refractivity contribution is 5.68. The highest BCUT2D eigenvalue weighted by Gasteiger charge is 2.31. The molecule has 19 heavy (non-hydrogen) atoms. The minimum Gasteiger partial charge on any atom is -0.481 e. The van der Waals surface area contributed by atoms with E-state index in [1.165, 1.54) is 0 Å². The van der Waals surface area contributed by atoms with Crippen molar-refractivity contribution in [3.8, 4) is 0 Å². The number of nitrogens with zero attached hydrogens (tertiary/aromatic N) is 2. The highest BCUT2D eigenvalue weighted by atomic mass is 16.4. The van der Waals surface area contributed by atoms with E-state index in [0.29, 0.717) is 6.04 Å². The number of hydrogen-bond acceptors (Lipinski definition) is 3. The molecule has 2 atom stereocenters. The molecule has 104 valence electrons. The van der Waals surface area contributed by atoms with Gasteiger partial charge in [-0.3, -0.25) is 9.69 Å². The molecule has 1 aliphatic rings. The van der Waals surface area contributed by atoms with Crippen LogP contribution in [0.2, 0.25) is 0 Å². The van der Waals surface area contributed by atoms with Gasteiger partial charge in [0, 0.05) is 25.2 Å². The summed E-state index contributed by atoms with van der Waals surface area (Å²) in [6.07, 6.45) is 1.28. The fraction of sp³-hybridized carbons (Fsp3) is 0.533. The summed E-state index contributed by atoms with van der Waals surface area (Å²) in [5.41, 5.74) is 1.10. The first-order chi connectivity index (χ1) is 9.08. The van der Waals surface area contributed by atoms with E-state index in [2.05, 4.69) is 23.9 Å². The van der Waals surface area contributed by atoms with E-state index in [0.717, 1.165) is 25.1 Å². The lowest BCUT2D eigenvalue weighted by atomic mass is 10.0. The summed E-state index contributed by atoms with van der Waals surface area (Å²) in [5, 5.41) is 9.14. The largest absolute Gasteiger partial charge is 0.481 e. The molecule has 2 rings (SSSR count). The van der Waals surface area contributed by atoms with E-state index in [4.69, 9.17) is 5.11 Å². The van der Waals surface area contributed by atoms with Gasteiger partial charge in [0.2, 0.25) is 0 Å². The summed E-state index contributed by atoms with van der Waals surface area (Å²) < 4.78 is 0. The van der Waals surface area contributed by atoms with E-state index in [1.807, 2.05) is 30.3 Å². The minimum atomic E-state index is -0.734. The van der Waals surface area contributed by atoms with Crippen LogP contribution in [0.5, 0.6) is 0 Å². The Morgan fingerprint density at radius 3 is 2.63 bits per heavy atom. The van der Waals surface area contributed by atoms with Crippen LogP contribution in [0.3, 0.4) is 0 Å². The van der Waals surface area contributed by atoms with Gasteiger partial charge in [-0.25, -0.2) is 0 Å². The SMILES string of the molecule is CN(C)C1CCN(C(CC(=O)O)c2ccccc2)C1. The Kier molecular flexibility index (Phi) is 4.56.